The van der Waals surface area contributed by atoms with Crippen molar-refractivity contribution in [1.82, 2.24) is 5.32 Å². The summed E-state index contributed by atoms with van der Waals surface area (Å²) in [5, 5.41) is 3.99. The van der Waals surface area contributed by atoms with E-state index in [0.717, 1.165) is 15.4 Å². The summed E-state index contributed by atoms with van der Waals surface area (Å²) in [7, 11) is -2.43. The maximum absolute atomic E-state index is 13.4. The van der Waals surface area contributed by atoms with Gasteiger partial charge in [-0.05, 0) is 61.0 Å². The second-order valence-corrected chi connectivity index (χ2v) is 11.5. The van der Waals surface area contributed by atoms with Crippen LogP contribution in [0.15, 0.2) is 71.6 Å². The Labute approximate surface area is 220 Å². The molecule has 1 N–H and O–H groups in total. The molecular formula is C25H26Cl2N2O4S2. The number of sulfonamides is 1. The van der Waals surface area contributed by atoms with Gasteiger partial charge in [0.2, 0.25) is 5.91 Å². The van der Waals surface area contributed by atoms with Crippen LogP contribution in [0, 0.1) is 6.92 Å². The van der Waals surface area contributed by atoms with Crippen molar-refractivity contribution in [2.45, 2.75) is 17.6 Å². The molecule has 1 amide bonds. The standard InChI is InChI=1S/C25H26Cl2N2O4S2/c1-18-3-11-23(12-4-18)35(31,32)29(21-7-9-22(33-2)10-8-21)16-25(30)28-13-14-34-17-19-5-6-20(26)15-24(19)27/h3-12,15H,13-14,16-17H2,1-2H3,(H,28,30). The summed E-state index contributed by atoms with van der Waals surface area (Å²) in [5.74, 6) is 1.49. The largest absolute Gasteiger partial charge is 0.497 e. The second kappa shape index (κ2) is 12.5. The van der Waals surface area contributed by atoms with Gasteiger partial charge in [-0.3, -0.25) is 9.10 Å². The van der Waals surface area contributed by atoms with E-state index < -0.39 is 15.9 Å². The number of hydrogen-bond acceptors (Lipinski definition) is 5. The molecule has 186 valence electrons. The molecular weight excluding hydrogens is 527 g/mol. The van der Waals surface area contributed by atoms with Crippen molar-refractivity contribution in [3.05, 3.63) is 87.9 Å². The van der Waals surface area contributed by atoms with Crippen LogP contribution in [0.2, 0.25) is 10.0 Å². The van der Waals surface area contributed by atoms with E-state index in [0.29, 0.717) is 39.5 Å². The monoisotopic (exact) mass is 552 g/mol. The van der Waals surface area contributed by atoms with Gasteiger partial charge in [0.25, 0.3) is 10.0 Å². The van der Waals surface area contributed by atoms with Gasteiger partial charge in [0, 0.05) is 28.1 Å². The molecule has 0 radical (unpaired) electrons. The predicted molar refractivity (Wildman–Crippen MR) is 144 cm³/mol. The Hall–Kier alpha value is -2.39. The van der Waals surface area contributed by atoms with Gasteiger partial charge in [-0.15, -0.1) is 0 Å². The molecule has 3 rings (SSSR count). The third-order valence-corrected chi connectivity index (χ3v) is 8.48. The zero-order valence-corrected chi connectivity index (χ0v) is 22.5. The fourth-order valence-electron chi connectivity index (χ4n) is 3.17. The summed E-state index contributed by atoms with van der Waals surface area (Å²) in [6, 6.07) is 18.4. The average molecular weight is 554 g/mol. The minimum atomic E-state index is -3.96. The minimum Gasteiger partial charge on any atom is -0.497 e. The van der Waals surface area contributed by atoms with Gasteiger partial charge in [0.05, 0.1) is 17.7 Å². The molecule has 0 aliphatic carbocycles. The molecule has 0 heterocycles. The van der Waals surface area contributed by atoms with Crippen molar-refractivity contribution in [2.24, 2.45) is 0 Å². The number of amides is 1. The predicted octanol–water partition coefficient (Wildman–Crippen LogP) is 5.56. The summed E-state index contributed by atoms with van der Waals surface area (Å²) in [4.78, 5) is 12.8. The molecule has 0 spiro atoms. The SMILES string of the molecule is COc1ccc(N(CC(=O)NCCSCc2ccc(Cl)cc2Cl)S(=O)(=O)c2ccc(C)cc2)cc1. The highest BCUT2D eigenvalue weighted by atomic mass is 35.5. The van der Waals surface area contributed by atoms with Gasteiger partial charge in [-0.1, -0.05) is 47.0 Å². The number of benzene rings is 3. The van der Waals surface area contributed by atoms with Crippen molar-refractivity contribution in [1.29, 1.82) is 0 Å². The van der Waals surface area contributed by atoms with E-state index in [1.54, 1.807) is 60.3 Å². The molecule has 0 unspecified atom stereocenters. The highest BCUT2D eigenvalue weighted by Crippen LogP contribution is 2.26. The number of nitrogens with one attached hydrogen (secondary N) is 1. The molecule has 0 bridgehead atoms. The number of methoxy groups -OCH3 is 1. The van der Waals surface area contributed by atoms with Gasteiger partial charge in [-0.25, -0.2) is 8.42 Å². The first-order valence-corrected chi connectivity index (χ1v) is 14.1. The van der Waals surface area contributed by atoms with Crippen LogP contribution in [0.4, 0.5) is 5.69 Å². The first-order valence-electron chi connectivity index (χ1n) is 10.7. The molecule has 0 fully saturated rings. The number of aryl methyl sites for hydroxylation is 1. The Morgan fingerprint density at radius 1 is 1.03 bits per heavy atom. The minimum absolute atomic E-state index is 0.113. The number of halogens is 2. The highest BCUT2D eigenvalue weighted by molar-refractivity contribution is 7.98. The number of carbonyl (C=O) groups is 1. The lowest BCUT2D eigenvalue weighted by Gasteiger charge is -2.24. The number of ether oxygens (including phenoxy) is 1. The lowest BCUT2D eigenvalue weighted by molar-refractivity contribution is -0.119. The Morgan fingerprint density at radius 3 is 2.34 bits per heavy atom. The molecule has 3 aromatic rings. The van der Waals surface area contributed by atoms with E-state index in [4.69, 9.17) is 27.9 Å². The van der Waals surface area contributed by atoms with E-state index >= 15 is 0 Å². The average Bonchev–Trinajstić information content (AvgIpc) is 2.84. The second-order valence-electron chi connectivity index (χ2n) is 7.66. The number of nitrogens with zero attached hydrogens (tertiary/aromatic N) is 1. The molecule has 0 aromatic heterocycles. The number of carbonyl (C=O) groups excluding carboxylic acids is 1. The van der Waals surface area contributed by atoms with Crippen LogP contribution in [0.25, 0.3) is 0 Å². The number of rotatable bonds is 11. The van der Waals surface area contributed by atoms with E-state index in [9.17, 15) is 13.2 Å². The lowest BCUT2D eigenvalue weighted by Crippen LogP contribution is -2.41. The van der Waals surface area contributed by atoms with E-state index in [2.05, 4.69) is 5.32 Å². The summed E-state index contributed by atoms with van der Waals surface area (Å²) in [5.41, 5.74) is 2.27. The molecule has 6 nitrogen and oxygen atoms in total. The fraction of sp³-hybridized carbons (Fsp3) is 0.240. The topological polar surface area (TPSA) is 75.7 Å². The molecule has 10 heteroatoms. The molecule has 35 heavy (non-hydrogen) atoms. The van der Waals surface area contributed by atoms with E-state index in [1.807, 2.05) is 13.0 Å². The van der Waals surface area contributed by atoms with Crippen molar-refractivity contribution in [2.75, 3.05) is 30.3 Å². The van der Waals surface area contributed by atoms with E-state index in [-0.39, 0.29) is 11.4 Å². The Morgan fingerprint density at radius 2 is 1.71 bits per heavy atom. The van der Waals surface area contributed by atoms with Crippen LogP contribution in [0.1, 0.15) is 11.1 Å². The summed E-state index contributed by atoms with van der Waals surface area (Å²) in [6.07, 6.45) is 0. The molecule has 0 saturated carbocycles. The van der Waals surface area contributed by atoms with Crippen molar-refractivity contribution >= 4 is 56.6 Å². The zero-order valence-electron chi connectivity index (χ0n) is 19.3. The van der Waals surface area contributed by atoms with Crippen LogP contribution in [-0.2, 0) is 20.6 Å². The van der Waals surface area contributed by atoms with Crippen molar-refractivity contribution in [3.8, 4) is 5.75 Å². The van der Waals surface area contributed by atoms with Gasteiger partial charge in [0.1, 0.15) is 12.3 Å². The zero-order chi connectivity index (χ0) is 25.4. The summed E-state index contributed by atoms with van der Waals surface area (Å²) < 4.78 is 33.1. The first-order chi connectivity index (χ1) is 16.7. The smallest absolute Gasteiger partial charge is 0.264 e. The summed E-state index contributed by atoms with van der Waals surface area (Å²) >= 11 is 13.7. The molecule has 0 atom stereocenters. The maximum atomic E-state index is 13.4. The van der Waals surface area contributed by atoms with Crippen LogP contribution in [0.3, 0.4) is 0 Å². The molecule has 0 saturated heterocycles. The summed E-state index contributed by atoms with van der Waals surface area (Å²) in [6.45, 7) is 1.91. The molecule has 3 aromatic carbocycles. The highest BCUT2D eigenvalue weighted by Gasteiger charge is 2.27. The number of anilines is 1. The third-order valence-electron chi connectivity index (χ3n) is 5.10. The number of hydrogen-bond donors (Lipinski definition) is 1. The van der Waals surface area contributed by atoms with Gasteiger partial charge < -0.3 is 10.1 Å². The van der Waals surface area contributed by atoms with Gasteiger partial charge >= 0.3 is 0 Å². The van der Waals surface area contributed by atoms with E-state index in [1.165, 1.54) is 19.2 Å². The van der Waals surface area contributed by atoms with Gasteiger partial charge in [0.15, 0.2) is 0 Å². The fourth-order valence-corrected chi connectivity index (χ4v) is 6.01. The Bertz CT molecular complexity index is 1250. The lowest BCUT2D eigenvalue weighted by atomic mass is 10.2. The van der Waals surface area contributed by atoms with Crippen LogP contribution >= 0.6 is 35.0 Å². The van der Waals surface area contributed by atoms with Crippen LogP contribution < -0.4 is 14.4 Å². The third kappa shape index (κ3) is 7.54. The van der Waals surface area contributed by atoms with Crippen LogP contribution in [-0.4, -0.2) is 40.3 Å². The first kappa shape index (κ1) is 27.2. The Kier molecular flexibility index (Phi) is 9.74. The quantitative estimate of drug-likeness (QED) is 0.315. The number of thioether (sulfide) groups is 1. The molecule has 0 aliphatic rings. The van der Waals surface area contributed by atoms with Gasteiger partial charge in [-0.2, -0.15) is 11.8 Å². The maximum Gasteiger partial charge on any atom is 0.264 e. The molecule has 0 aliphatic heterocycles. The van der Waals surface area contributed by atoms with Crippen molar-refractivity contribution < 1.29 is 17.9 Å². The Balaban J connectivity index is 1.65. The normalized spacial score (nSPS) is 11.2. The van der Waals surface area contributed by atoms with Crippen molar-refractivity contribution in [3.63, 3.8) is 0 Å². The van der Waals surface area contributed by atoms with Crippen LogP contribution in [0.5, 0.6) is 5.75 Å².